The number of aromatic amines is 1. The van der Waals surface area contributed by atoms with Gasteiger partial charge in [0.1, 0.15) is 11.6 Å². The van der Waals surface area contributed by atoms with Crippen molar-refractivity contribution in [2.45, 2.75) is 45.6 Å². The summed E-state index contributed by atoms with van der Waals surface area (Å²) in [7, 11) is 0. The SMILES string of the molecule is CCOc1ccccc1CNC(=O)[C@H]1CC[C@@H](Cc2nc3ccccc3[nH]2)CC1. The summed E-state index contributed by atoms with van der Waals surface area (Å²) >= 11 is 0. The van der Waals surface area contributed by atoms with E-state index >= 15 is 0 Å². The summed E-state index contributed by atoms with van der Waals surface area (Å²) in [5.41, 5.74) is 3.16. The minimum absolute atomic E-state index is 0.112. The number of fused-ring (bicyclic) bond motifs is 1. The summed E-state index contributed by atoms with van der Waals surface area (Å²) in [5, 5.41) is 3.11. The second kappa shape index (κ2) is 9.12. The molecule has 0 spiro atoms. The van der Waals surface area contributed by atoms with Gasteiger partial charge in [0.2, 0.25) is 5.91 Å². The van der Waals surface area contributed by atoms with Gasteiger partial charge in [-0.2, -0.15) is 0 Å². The number of ether oxygens (including phenoxy) is 1. The Kier molecular flexibility index (Phi) is 6.13. The van der Waals surface area contributed by atoms with Crippen LogP contribution in [0.5, 0.6) is 5.75 Å². The molecule has 0 atom stereocenters. The van der Waals surface area contributed by atoms with Crippen molar-refractivity contribution in [3.05, 3.63) is 59.9 Å². The van der Waals surface area contributed by atoms with Crippen LogP contribution in [-0.4, -0.2) is 22.5 Å². The van der Waals surface area contributed by atoms with Crippen molar-refractivity contribution < 1.29 is 9.53 Å². The smallest absolute Gasteiger partial charge is 0.223 e. The number of H-pyrrole nitrogens is 1. The van der Waals surface area contributed by atoms with Gasteiger partial charge in [-0.1, -0.05) is 30.3 Å². The van der Waals surface area contributed by atoms with E-state index in [1.54, 1.807) is 0 Å². The number of aromatic nitrogens is 2. The zero-order valence-corrected chi connectivity index (χ0v) is 17.0. The third-order valence-electron chi connectivity index (χ3n) is 5.86. The standard InChI is InChI=1S/C24H29N3O2/c1-2-29-22-10-6-3-7-19(22)16-25-24(28)18-13-11-17(12-14-18)15-23-26-20-8-4-5-9-21(20)27-23/h3-10,17-18H,2,11-16H2,1H3,(H,25,28)(H,26,27)/t17-,18+. The largest absolute Gasteiger partial charge is 0.494 e. The molecule has 3 aromatic rings. The summed E-state index contributed by atoms with van der Waals surface area (Å²) in [6.45, 7) is 3.12. The topological polar surface area (TPSA) is 67.0 Å². The van der Waals surface area contributed by atoms with Crippen molar-refractivity contribution >= 4 is 16.9 Å². The van der Waals surface area contributed by atoms with E-state index in [0.29, 0.717) is 19.1 Å². The maximum atomic E-state index is 12.7. The predicted molar refractivity (Wildman–Crippen MR) is 115 cm³/mol. The molecule has 1 aliphatic carbocycles. The molecule has 4 rings (SSSR count). The van der Waals surface area contributed by atoms with E-state index in [2.05, 4.69) is 16.4 Å². The molecule has 0 unspecified atom stereocenters. The first-order valence-corrected chi connectivity index (χ1v) is 10.6. The highest BCUT2D eigenvalue weighted by Gasteiger charge is 2.27. The number of hydrogen-bond donors (Lipinski definition) is 2. The number of para-hydroxylation sites is 3. The Balaban J connectivity index is 1.26. The third kappa shape index (κ3) is 4.78. The molecule has 0 radical (unpaired) electrons. The van der Waals surface area contributed by atoms with Crippen LogP contribution in [0.2, 0.25) is 0 Å². The average Bonchev–Trinajstić information content (AvgIpc) is 3.16. The molecule has 0 saturated heterocycles. The Morgan fingerprint density at radius 3 is 2.66 bits per heavy atom. The van der Waals surface area contributed by atoms with Gasteiger partial charge in [-0.15, -0.1) is 0 Å². The quantitative estimate of drug-likeness (QED) is 0.617. The maximum absolute atomic E-state index is 12.7. The predicted octanol–water partition coefficient (Wildman–Crippen LogP) is 4.63. The maximum Gasteiger partial charge on any atom is 0.223 e. The van der Waals surface area contributed by atoms with Gasteiger partial charge in [-0.3, -0.25) is 4.79 Å². The van der Waals surface area contributed by atoms with Gasteiger partial charge < -0.3 is 15.0 Å². The van der Waals surface area contributed by atoms with Crippen molar-refractivity contribution in [3.8, 4) is 5.75 Å². The van der Waals surface area contributed by atoms with Crippen molar-refractivity contribution in [2.24, 2.45) is 11.8 Å². The van der Waals surface area contributed by atoms with Crippen LogP contribution in [0.1, 0.15) is 44.0 Å². The molecule has 1 saturated carbocycles. The molecule has 1 aliphatic rings. The molecule has 1 heterocycles. The first kappa shape index (κ1) is 19.5. The molecule has 2 aromatic carbocycles. The van der Waals surface area contributed by atoms with E-state index < -0.39 is 0 Å². The average molecular weight is 392 g/mol. The number of carbonyl (C=O) groups is 1. The third-order valence-corrected chi connectivity index (χ3v) is 5.86. The molecule has 29 heavy (non-hydrogen) atoms. The van der Waals surface area contributed by atoms with E-state index in [4.69, 9.17) is 9.72 Å². The highest BCUT2D eigenvalue weighted by molar-refractivity contribution is 5.78. The normalized spacial score (nSPS) is 19.2. The molecular formula is C24H29N3O2. The molecule has 1 aromatic heterocycles. The summed E-state index contributed by atoms with van der Waals surface area (Å²) < 4.78 is 5.65. The van der Waals surface area contributed by atoms with Gasteiger partial charge >= 0.3 is 0 Å². The number of benzene rings is 2. The fourth-order valence-electron chi connectivity index (χ4n) is 4.28. The van der Waals surface area contributed by atoms with Crippen LogP contribution in [0.3, 0.4) is 0 Å². The number of nitrogens with zero attached hydrogens (tertiary/aromatic N) is 1. The zero-order valence-electron chi connectivity index (χ0n) is 17.0. The number of amides is 1. The summed E-state index contributed by atoms with van der Waals surface area (Å²) in [5.74, 6) is 2.79. The van der Waals surface area contributed by atoms with Crippen molar-refractivity contribution in [3.63, 3.8) is 0 Å². The molecule has 0 bridgehead atoms. The van der Waals surface area contributed by atoms with Crippen LogP contribution in [0, 0.1) is 11.8 Å². The Labute approximate surface area is 171 Å². The van der Waals surface area contributed by atoms with Gasteiger partial charge in [0.05, 0.1) is 17.6 Å². The summed E-state index contributed by atoms with van der Waals surface area (Å²) in [6, 6.07) is 16.1. The highest BCUT2D eigenvalue weighted by atomic mass is 16.5. The van der Waals surface area contributed by atoms with Gasteiger partial charge in [-0.25, -0.2) is 4.98 Å². The Hall–Kier alpha value is -2.82. The lowest BCUT2D eigenvalue weighted by molar-refractivity contribution is -0.126. The number of carbonyl (C=O) groups excluding carboxylic acids is 1. The number of imidazole rings is 1. The molecule has 1 fully saturated rings. The van der Waals surface area contributed by atoms with E-state index in [1.165, 1.54) is 0 Å². The summed E-state index contributed by atoms with van der Waals surface area (Å²) in [6.07, 6.45) is 5.01. The fraction of sp³-hybridized carbons (Fsp3) is 0.417. The van der Waals surface area contributed by atoms with Gasteiger partial charge in [-0.05, 0) is 56.7 Å². The van der Waals surface area contributed by atoms with E-state index in [1.807, 2.05) is 49.4 Å². The number of rotatable bonds is 7. The first-order chi connectivity index (χ1) is 14.2. The minimum atomic E-state index is 0.112. The second-order valence-electron chi connectivity index (χ2n) is 7.88. The van der Waals surface area contributed by atoms with Crippen LogP contribution < -0.4 is 10.1 Å². The minimum Gasteiger partial charge on any atom is -0.494 e. The summed E-state index contributed by atoms with van der Waals surface area (Å²) in [4.78, 5) is 20.8. The Morgan fingerprint density at radius 2 is 1.86 bits per heavy atom. The number of nitrogens with one attached hydrogen (secondary N) is 2. The first-order valence-electron chi connectivity index (χ1n) is 10.6. The van der Waals surface area contributed by atoms with Crippen LogP contribution in [0.15, 0.2) is 48.5 Å². The van der Waals surface area contributed by atoms with Crippen molar-refractivity contribution in [2.75, 3.05) is 6.61 Å². The molecule has 0 aliphatic heterocycles. The Morgan fingerprint density at radius 1 is 1.10 bits per heavy atom. The van der Waals surface area contributed by atoms with Gasteiger partial charge in [0.25, 0.3) is 0 Å². The van der Waals surface area contributed by atoms with Crippen molar-refractivity contribution in [1.29, 1.82) is 0 Å². The van der Waals surface area contributed by atoms with Gasteiger partial charge in [0, 0.05) is 24.4 Å². The van der Waals surface area contributed by atoms with Crippen LogP contribution in [0.25, 0.3) is 11.0 Å². The van der Waals surface area contributed by atoms with Crippen LogP contribution in [-0.2, 0) is 17.8 Å². The van der Waals surface area contributed by atoms with E-state index in [0.717, 1.165) is 60.3 Å². The lowest BCUT2D eigenvalue weighted by atomic mass is 9.80. The Bertz CT molecular complexity index is 924. The fourth-order valence-corrected chi connectivity index (χ4v) is 4.28. The zero-order chi connectivity index (χ0) is 20.1. The lowest BCUT2D eigenvalue weighted by Gasteiger charge is -2.27. The van der Waals surface area contributed by atoms with Crippen molar-refractivity contribution in [1.82, 2.24) is 15.3 Å². The molecule has 5 heteroatoms. The molecular weight excluding hydrogens is 362 g/mol. The van der Waals surface area contributed by atoms with E-state index in [-0.39, 0.29) is 11.8 Å². The molecule has 5 nitrogen and oxygen atoms in total. The second-order valence-corrected chi connectivity index (χ2v) is 7.88. The monoisotopic (exact) mass is 391 g/mol. The van der Waals surface area contributed by atoms with Gasteiger partial charge in [0.15, 0.2) is 0 Å². The van der Waals surface area contributed by atoms with Crippen LogP contribution in [0.4, 0.5) is 0 Å². The molecule has 1 amide bonds. The lowest BCUT2D eigenvalue weighted by Crippen LogP contribution is -2.33. The molecule has 152 valence electrons. The highest BCUT2D eigenvalue weighted by Crippen LogP contribution is 2.31. The van der Waals surface area contributed by atoms with E-state index in [9.17, 15) is 4.79 Å². The molecule has 2 N–H and O–H groups in total. The van der Waals surface area contributed by atoms with Crippen LogP contribution >= 0.6 is 0 Å². The number of hydrogen-bond acceptors (Lipinski definition) is 3.